The minimum absolute atomic E-state index is 0.175. The SMILES string of the molecule is C[S@](=O)c1ccc(C(=O)Nc2ccccc2NCC(F)(F)F)cc1. The van der Waals surface area contributed by atoms with E-state index in [1.54, 1.807) is 24.3 Å². The second-order valence-electron chi connectivity index (χ2n) is 4.95. The molecule has 0 saturated heterocycles. The van der Waals surface area contributed by atoms with E-state index in [0.717, 1.165) is 0 Å². The number of benzene rings is 2. The quantitative estimate of drug-likeness (QED) is 0.860. The first-order chi connectivity index (χ1) is 11.3. The van der Waals surface area contributed by atoms with E-state index in [1.807, 2.05) is 0 Å². The summed E-state index contributed by atoms with van der Waals surface area (Å²) in [7, 11) is -1.15. The van der Waals surface area contributed by atoms with Crippen LogP contribution in [-0.4, -0.2) is 29.1 Å². The topological polar surface area (TPSA) is 58.2 Å². The summed E-state index contributed by atoms with van der Waals surface area (Å²) < 4.78 is 48.3. The predicted molar refractivity (Wildman–Crippen MR) is 87.7 cm³/mol. The minimum Gasteiger partial charge on any atom is -0.375 e. The number of hydrogen-bond acceptors (Lipinski definition) is 3. The van der Waals surface area contributed by atoms with E-state index < -0.39 is 29.4 Å². The molecule has 1 atom stereocenters. The van der Waals surface area contributed by atoms with Crippen molar-refractivity contribution in [3.63, 3.8) is 0 Å². The molecule has 8 heteroatoms. The van der Waals surface area contributed by atoms with Crippen LogP contribution in [0.5, 0.6) is 0 Å². The lowest BCUT2D eigenvalue weighted by molar-refractivity contribution is -0.115. The molecule has 4 nitrogen and oxygen atoms in total. The number of carbonyl (C=O) groups is 1. The van der Waals surface area contributed by atoms with Gasteiger partial charge in [0.05, 0.1) is 11.4 Å². The Bertz CT molecular complexity index is 746. The van der Waals surface area contributed by atoms with Crippen molar-refractivity contribution in [2.45, 2.75) is 11.1 Å². The molecule has 2 rings (SSSR count). The molecule has 1 amide bonds. The molecule has 0 bridgehead atoms. The van der Waals surface area contributed by atoms with Crippen LogP contribution < -0.4 is 10.6 Å². The highest BCUT2D eigenvalue weighted by Crippen LogP contribution is 2.24. The van der Waals surface area contributed by atoms with Gasteiger partial charge < -0.3 is 10.6 Å². The molecule has 0 heterocycles. The van der Waals surface area contributed by atoms with Crippen molar-refractivity contribution >= 4 is 28.1 Å². The predicted octanol–water partition coefficient (Wildman–Crippen LogP) is 3.65. The molecule has 0 radical (unpaired) electrons. The number of hydrogen-bond donors (Lipinski definition) is 2. The first kappa shape index (κ1) is 18.0. The Balaban J connectivity index is 2.12. The van der Waals surface area contributed by atoms with Gasteiger partial charge in [0.2, 0.25) is 0 Å². The lowest BCUT2D eigenvalue weighted by atomic mass is 10.2. The maximum atomic E-state index is 12.3. The average Bonchev–Trinajstić information content (AvgIpc) is 2.53. The zero-order valence-electron chi connectivity index (χ0n) is 12.7. The van der Waals surface area contributed by atoms with E-state index in [1.165, 1.54) is 30.5 Å². The van der Waals surface area contributed by atoms with Crippen molar-refractivity contribution in [3.05, 3.63) is 54.1 Å². The molecule has 0 spiro atoms. The van der Waals surface area contributed by atoms with Gasteiger partial charge in [-0.2, -0.15) is 13.2 Å². The summed E-state index contributed by atoms with van der Waals surface area (Å²) in [6.45, 7) is -1.20. The van der Waals surface area contributed by atoms with Crippen molar-refractivity contribution in [3.8, 4) is 0 Å². The summed E-state index contributed by atoms with van der Waals surface area (Å²) in [4.78, 5) is 12.8. The molecule has 128 valence electrons. The van der Waals surface area contributed by atoms with Crippen LogP contribution in [0.1, 0.15) is 10.4 Å². The Labute approximate surface area is 139 Å². The van der Waals surface area contributed by atoms with Gasteiger partial charge in [0.25, 0.3) is 5.91 Å². The summed E-state index contributed by atoms with van der Waals surface area (Å²) in [5.41, 5.74) is 0.735. The van der Waals surface area contributed by atoms with E-state index in [0.29, 0.717) is 10.5 Å². The number of para-hydroxylation sites is 2. The molecule has 0 aliphatic rings. The molecular formula is C16H15F3N2O2S. The Morgan fingerprint density at radius 3 is 2.17 bits per heavy atom. The largest absolute Gasteiger partial charge is 0.405 e. The van der Waals surface area contributed by atoms with Crippen molar-refractivity contribution in [2.75, 3.05) is 23.4 Å². The standard InChI is InChI=1S/C16H15F3N2O2S/c1-24(23)12-8-6-11(7-9-12)15(22)21-14-5-3-2-4-13(14)20-10-16(17,18)19/h2-9,20H,10H2,1H3,(H,21,22)/t24-/m0/s1. The monoisotopic (exact) mass is 356 g/mol. The zero-order chi connectivity index (χ0) is 17.7. The summed E-state index contributed by atoms with van der Waals surface area (Å²) in [6.07, 6.45) is -2.83. The fourth-order valence-corrected chi connectivity index (χ4v) is 2.45. The molecule has 0 aliphatic carbocycles. The number of amides is 1. The summed E-state index contributed by atoms with van der Waals surface area (Å²) in [5, 5.41) is 4.82. The molecule has 0 fully saturated rings. The van der Waals surface area contributed by atoms with Gasteiger partial charge in [-0.3, -0.25) is 9.00 Å². The van der Waals surface area contributed by atoms with Crippen LogP contribution in [0, 0.1) is 0 Å². The number of carbonyl (C=O) groups excluding carboxylic acids is 1. The van der Waals surface area contributed by atoms with Crippen molar-refractivity contribution in [1.82, 2.24) is 0 Å². The smallest absolute Gasteiger partial charge is 0.375 e. The third-order valence-electron chi connectivity index (χ3n) is 3.10. The van der Waals surface area contributed by atoms with Crippen LogP contribution in [0.3, 0.4) is 0 Å². The summed E-state index contributed by atoms with van der Waals surface area (Å²) in [6, 6.07) is 12.3. The van der Waals surface area contributed by atoms with E-state index in [-0.39, 0.29) is 11.4 Å². The van der Waals surface area contributed by atoms with Gasteiger partial charge in [-0.25, -0.2) is 0 Å². The van der Waals surface area contributed by atoms with E-state index in [4.69, 9.17) is 0 Å². The average molecular weight is 356 g/mol. The normalized spacial score (nSPS) is 12.5. The first-order valence-electron chi connectivity index (χ1n) is 6.91. The maximum absolute atomic E-state index is 12.3. The highest BCUT2D eigenvalue weighted by atomic mass is 32.2. The third-order valence-corrected chi connectivity index (χ3v) is 4.04. The van der Waals surface area contributed by atoms with Crippen LogP contribution >= 0.6 is 0 Å². The van der Waals surface area contributed by atoms with Crippen LogP contribution in [0.25, 0.3) is 0 Å². The van der Waals surface area contributed by atoms with Crippen molar-refractivity contribution in [1.29, 1.82) is 0 Å². The fourth-order valence-electron chi connectivity index (χ4n) is 1.93. The van der Waals surface area contributed by atoms with Gasteiger partial charge in [-0.1, -0.05) is 12.1 Å². The van der Waals surface area contributed by atoms with Crippen LogP contribution in [0.2, 0.25) is 0 Å². The number of halogens is 3. The van der Waals surface area contributed by atoms with Crippen molar-refractivity contribution in [2.24, 2.45) is 0 Å². The molecule has 2 aromatic carbocycles. The maximum Gasteiger partial charge on any atom is 0.405 e. The van der Waals surface area contributed by atoms with Gasteiger partial charge in [0.1, 0.15) is 6.54 Å². The molecule has 0 saturated carbocycles. The Morgan fingerprint density at radius 2 is 1.62 bits per heavy atom. The number of rotatable bonds is 5. The van der Waals surface area contributed by atoms with Gasteiger partial charge >= 0.3 is 6.18 Å². The number of nitrogens with one attached hydrogen (secondary N) is 2. The number of anilines is 2. The third kappa shape index (κ3) is 5.09. The lowest BCUT2D eigenvalue weighted by Gasteiger charge is -2.14. The molecule has 0 aliphatic heterocycles. The number of alkyl halides is 3. The molecule has 24 heavy (non-hydrogen) atoms. The second-order valence-corrected chi connectivity index (χ2v) is 6.33. The Morgan fingerprint density at radius 1 is 1.04 bits per heavy atom. The molecule has 0 unspecified atom stereocenters. The lowest BCUT2D eigenvalue weighted by Crippen LogP contribution is -2.22. The zero-order valence-corrected chi connectivity index (χ0v) is 13.5. The highest BCUT2D eigenvalue weighted by Gasteiger charge is 2.27. The first-order valence-corrected chi connectivity index (χ1v) is 8.46. The van der Waals surface area contributed by atoms with Crippen LogP contribution in [0.4, 0.5) is 24.5 Å². The Kier molecular flexibility index (Phi) is 5.61. The molecule has 0 aromatic heterocycles. The van der Waals surface area contributed by atoms with E-state index >= 15 is 0 Å². The summed E-state index contributed by atoms with van der Waals surface area (Å²) in [5.74, 6) is -0.468. The molecule has 2 aromatic rings. The van der Waals surface area contributed by atoms with Crippen molar-refractivity contribution < 1.29 is 22.2 Å². The van der Waals surface area contributed by atoms with Gasteiger partial charge in [0.15, 0.2) is 0 Å². The Hall–Kier alpha value is -2.35. The second kappa shape index (κ2) is 7.48. The molecule has 2 N–H and O–H groups in total. The van der Waals surface area contributed by atoms with Gasteiger partial charge in [-0.15, -0.1) is 0 Å². The highest BCUT2D eigenvalue weighted by molar-refractivity contribution is 7.84. The van der Waals surface area contributed by atoms with Gasteiger partial charge in [-0.05, 0) is 36.4 Å². The molecular weight excluding hydrogens is 341 g/mol. The van der Waals surface area contributed by atoms with Crippen LogP contribution in [-0.2, 0) is 10.8 Å². The van der Waals surface area contributed by atoms with E-state index in [2.05, 4.69) is 10.6 Å². The summed E-state index contributed by atoms with van der Waals surface area (Å²) >= 11 is 0. The minimum atomic E-state index is -4.36. The van der Waals surface area contributed by atoms with Gasteiger partial charge in [0, 0.05) is 27.5 Å². The fraction of sp³-hybridized carbons (Fsp3) is 0.188. The van der Waals surface area contributed by atoms with Crippen LogP contribution in [0.15, 0.2) is 53.4 Å². The van der Waals surface area contributed by atoms with E-state index in [9.17, 15) is 22.2 Å².